The van der Waals surface area contributed by atoms with Gasteiger partial charge in [0.15, 0.2) is 11.5 Å². The summed E-state index contributed by atoms with van der Waals surface area (Å²) in [6.45, 7) is 3.99. The normalized spacial score (nSPS) is 15.6. The van der Waals surface area contributed by atoms with Crippen LogP contribution in [-0.2, 0) is 10.3 Å². The van der Waals surface area contributed by atoms with Gasteiger partial charge in [-0.3, -0.25) is 9.48 Å². The van der Waals surface area contributed by atoms with E-state index >= 15 is 0 Å². The molecule has 1 fully saturated rings. The lowest BCUT2D eigenvalue weighted by Gasteiger charge is -2.36. The highest BCUT2D eigenvalue weighted by Crippen LogP contribution is 2.32. The fourth-order valence-electron chi connectivity index (χ4n) is 3.19. The van der Waals surface area contributed by atoms with Gasteiger partial charge in [-0.25, -0.2) is 0 Å². The molecule has 0 unspecified atom stereocenters. The summed E-state index contributed by atoms with van der Waals surface area (Å²) in [6, 6.07) is 7.25. The van der Waals surface area contributed by atoms with Crippen LogP contribution >= 0.6 is 12.4 Å². The van der Waals surface area contributed by atoms with Crippen molar-refractivity contribution in [1.29, 1.82) is 0 Å². The topological polar surface area (TPSA) is 77.4 Å². The van der Waals surface area contributed by atoms with E-state index in [0.29, 0.717) is 36.6 Å². The molecule has 142 valence electrons. The standard InChI is InChI=1S/C18H24N4O3.ClH/c1-3-25-16-13-14(5-6-15(16)24-2)21-17(23)18(7-10-19-11-8-18)22-12-4-9-20-22;/h4-6,9,12-13,19H,3,7-8,10-11H2,1-2H3,(H,21,23);1H. The molecule has 1 aliphatic rings. The van der Waals surface area contributed by atoms with Crippen molar-refractivity contribution in [2.75, 3.05) is 32.1 Å². The van der Waals surface area contributed by atoms with Gasteiger partial charge in [0.25, 0.3) is 5.91 Å². The monoisotopic (exact) mass is 380 g/mol. The molecule has 1 aromatic heterocycles. The summed E-state index contributed by atoms with van der Waals surface area (Å²) in [7, 11) is 1.60. The summed E-state index contributed by atoms with van der Waals surface area (Å²) >= 11 is 0. The Morgan fingerprint density at radius 3 is 2.73 bits per heavy atom. The van der Waals surface area contributed by atoms with E-state index in [1.54, 1.807) is 30.1 Å². The first kappa shape index (κ1) is 20.1. The maximum absolute atomic E-state index is 13.1. The number of aromatic nitrogens is 2. The fraction of sp³-hybridized carbons (Fsp3) is 0.444. The second-order valence-corrected chi connectivity index (χ2v) is 5.98. The largest absolute Gasteiger partial charge is 0.493 e. The summed E-state index contributed by atoms with van der Waals surface area (Å²) in [6.07, 6.45) is 4.94. The predicted molar refractivity (Wildman–Crippen MR) is 102 cm³/mol. The number of carbonyl (C=O) groups is 1. The Morgan fingerprint density at radius 2 is 2.12 bits per heavy atom. The average molecular weight is 381 g/mol. The molecule has 26 heavy (non-hydrogen) atoms. The van der Waals surface area contributed by atoms with Crippen molar-refractivity contribution in [3.8, 4) is 11.5 Å². The van der Waals surface area contributed by atoms with E-state index in [9.17, 15) is 4.79 Å². The van der Waals surface area contributed by atoms with Gasteiger partial charge in [-0.2, -0.15) is 5.10 Å². The summed E-state index contributed by atoms with van der Waals surface area (Å²) in [5.74, 6) is 1.19. The fourth-order valence-corrected chi connectivity index (χ4v) is 3.19. The zero-order valence-corrected chi connectivity index (χ0v) is 15.8. The lowest BCUT2D eigenvalue weighted by atomic mass is 9.87. The number of hydrogen-bond donors (Lipinski definition) is 2. The van der Waals surface area contributed by atoms with Gasteiger partial charge in [0.1, 0.15) is 5.54 Å². The predicted octanol–water partition coefficient (Wildman–Crippen LogP) is 2.43. The first-order chi connectivity index (χ1) is 12.2. The number of methoxy groups -OCH3 is 1. The Balaban J connectivity index is 0.00000243. The Bertz CT molecular complexity index is 715. The van der Waals surface area contributed by atoms with Gasteiger partial charge in [0.05, 0.1) is 13.7 Å². The smallest absolute Gasteiger partial charge is 0.252 e. The highest BCUT2D eigenvalue weighted by Gasteiger charge is 2.42. The lowest BCUT2D eigenvalue weighted by Crippen LogP contribution is -2.52. The number of piperidine rings is 1. The van der Waals surface area contributed by atoms with Gasteiger partial charge in [-0.1, -0.05) is 0 Å². The minimum atomic E-state index is -0.680. The van der Waals surface area contributed by atoms with Crippen molar-refractivity contribution in [2.45, 2.75) is 25.3 Å². The number of nitrogens with zero attached hydrogens (tertiary/aromatic N) is 2. The van der Waals surface area contributed by atoms with Crippen LogP contribution in [0.2, 0.25) is 0 Å². The summed E-state index contributed by atoms with van der Waals surface area (Å²) < 4.78 is 12.7. The highest BCUT2D eigenvalue weighted by molar-refractivity contribution is 5.97. The van der Waals surface area contributed by atoms with E-state index in [1.807, 2.05) is 25.3 Å². The first-order valence-electron chi connectivity index (χ1n) is 8.53. The molecule has 1 amide bonds. The van der Waals surface area contributed by atoms with Crippen LogP contribution in [0.25, 0.3) is 0 Å². The second-order valence-electron chi connectivity index (χ2n) is 5.98. The molecule has 2 N–H and O–H groups in total. The van der Waals surface area contributed by atoms with E-state index < -0.39 is 5.54 Å². The third-order valence-electron chi connectivity index (χ3n) is 4.52. The summed E-state index contributed by atoms with van der Waals surface area (Å²) in [5.41, 5.74) is -0.000184. The van der Waals surface area contributed by atoms with Crippen LogP contribution in [0, 0.1) is 0 Å². The number of rotatable bonds is 6. The summed E-state index contributed by atoms with van der Waals surface area (Å²) in [4.78, 5) is 13.1. The van der Waals surface area contributed by atoms with Crippen LogP contribution in [0.5, 0.6) is 11.5 Å². The molecule has 0 radical (unpaired) electrons. The van der Waals surface area contributed by atoms with Gasteiger partial charge in [-0.05, 0) is 51.1 Å². The van der Waals surface area contributed by atoms with Gasteiger partial charge in [0.2, 0.25) is 0 Å². The van der Waals surface area contributed by atoms with Crippen molar-refractivity contribution in [3.63, 3.8) is 0 Å². The second kappa shape index (κ2) is 8.91. The van der Waals surface area contributed by atoms with Gasteiger partial charge < -0.3 is 20.1 Å². The number of amides is 1. The minimum Gasteiger partial charge on any atom is -0.493 e. The van der Waals surface area contributed by atoms with Crippen molar-refractivity contribution in [2.24, 2.45) is 0 Å². The number of hydrogen-bond acceptors (Lipinski definition) is 5. The molecule has 0 aliphatic carbocycles. The van der Waals surface area contributed by atoms with E-state index in [1.165, 1.54) is 0 Å². The third-order valence-corrected chi connectivity index (χ3v) is 4.52. The highest BCUT2D eigenvalue weighted by atomic mass is 35.5. The van der Waals surface area contributed by atoms with Gasteiger partial charge in [0, 0.05) is 24.1 Å². The minimum absolute atomic E-state index is 0. The molecule has 2 heterocycles. The molecule has 0 saturated carbocycles. The van der Waals surface area contributed by atoms with E-state index in [-0.39, 0.29) is 18.3 Å². The number of halogens is 1. The molecule has 2 aromatic rings. The van der Waals surface area contributed by atoms with Crippen molar-refractivity contribution >= 4 is 24.0 Å². The molecule has 0 spiro atoms. The van der Waals surface area contributed by atoms with Crippen molar-refractivity contribution < 1.29 is 14.3 Å². The molecule has 1 aromatic carbocycles. The zero-order chi connectivity index (χ0) is 17.7. The molecule has 0 atom stereocenters. The maximum Gasteiger partial charge on any atom is 0.252 e. The number of ether oxygens (including phenoxy) is 2. The maximum atomic E-state index is 13.1. The molecular weight excluding hydrogens is 356 g/mol. The van der Waals surface area contributed by atoms with Crippen LogP contribution in [-0.4, -0.2) is 42.5 Å². The van der Waals surface area contributed by atoms with Crippen LogP contribution in [0.15, 0.2) is 36.7 Å². The van der Waals surface area contributed by atoms with Crippen LogP contribution in [0.3, 0.4) is 0 Å². The Labute approximate surface area is 159 Å². The van der Waals surface area contributed by atoms with E-state index in [4.69, 9.17) is 9.47 Å². The number of benzene rings is 1. The zero-order valence-electron chi connectivity index (χ0n) is 15.0. The SMILES string of the molecule is CCOc1cc(NC(=O)C2(n3cccn3)CCNCC2)ccc1OC.Cl. The molecule has 1 aliphatic heterocycles. The quantitative estimate of drug-likeness (QED) is 0.804. The molecule has 0 bridgehead atoms. The molecule has 3 rings (SSSR count). The van der Waals surface area contributed by atoms with Crippen LogP contribution < -0.4 is 20.1 Å². The number of carbonyl (C=O) groups excluding carboxylic acids is 1. The number of anilines is 1. The molecule has 1 saturated heterocycles. The van der Waals surface area contributed by atoms with Crippen molar-refractivity contribution in [1.82, 2.24) is 15.1 Å². The lowest BCUT2D eigenvalue weighted by molar-refractivity contribution is -0.126. The average Bonchev–Trinajstić information content (AvgIpc) is 3.18. The molecule has 7 nitrogen and oxygen atoms in total. The van der Waals surface area contributed by atoms with Gasteiger partial charge >= 0.3 is 0 Å². The number of nitrogens with one attached hydrogen (secondary N) is 2. The molecule has 8 heteroatoms. The molecular formula is C18H25ClN4O3. The Hall–Kier alpha value is -2.25. The van der Waals surface area contributed by atoms with Crippen LogP contribution in [0.4, 0.5) is 5.69 Å². The van der Waals surface area contributed by atoms with Crippen molar-refractivity contribution in [3.05, 3.63) is 36.7 Å². The third kappa shape index (κ3) is 3.94. The van der Waals surface area contributed by atoms with E-state index in [0.717, 1.165) is 13.1 Å². The Morgan fingerprint density at radius 1 is 1.35 bits per heavy atom. The Kier molecular flexibility index (Phi) is 6.88. The summed E-state index contributed by atoms with van der Waals surface area (Å²) in [5, 5.41) is 10.7. The first-order valence-corrected chi connectivity index (χ1v) is 8.53. The van der Waals surface area contributed by atoms with E-state index in [2.05, 4.69) is 15.7 Å². The van der Waals surface area contributed by atoms with Crippen LogP contribution in [0.1, 0.15) is 19.8 Å². The van der Waals surface area contributed by atoms with Gasteiger partial charge in [-0.15, -0.1) is 12.4 Å².